The van der Waals surface area contributed by atoms with Gasteiger partial charge in [-0.15, -0.1) is 11.3 Å². The molecule has 2 heteroatoms. The number of pyridine rings is 1. The maximum atomic E-state index is 4.71. The summed E-state index contributed by atoms with van der Waals surface area (Å²) in [5.74, 6) is 0.560. The lowest BCUT2D eigenvalue weighted by Gasteiger charge is -2.22. The van der Waals surface area contributed by atoms with Crippen LogP contribution >= 0.6 is 11.3 Å². The largest absolute Gasteiger partial charge is 0.256 e. The van der Waals surface area contributed by atoms with Crippen LogP contribution in [0.25, 0.3) is 31.4 Å². The molecule has 124 valence electrons. The molecule has 0 atom stereocenters. The molecule has 2 heterocycles. The monoisotopic (exact) mass is 343 g/mol. The summed E-state index contributed by atoms with van der Waals surface area (Å²) in [6.07, 6.45) is 1.91. The van der Waals surface area contributed by atoms with E-state index in [2.05, 4.69) is 70.2 Å². The standard InChI is InChI=1S/C23H21NS/c1-13(2)14-7-8-15-19(12-14)25-18-10-9-16-21(20(15)18)23(3,4)17-6-5-11-24-22(16)17/h5-13H,1-4H3. The van der Waals surface area contributed by atoms with Crippen molar-refractivity contribution < 1.29 is 0 Å². The summed E-state index contributed by atoms with van der Waals surface area (Å²) in [6, 6.07) is 15.9. The normalized spacial score (nSPS) is 15.1. The Morgan fingerprint density at radius 1 is 1.00 bits per heavy atom. The molecule has 0 unspecified atom stereocenters. The maximum Gasteiger partial charge on any atom is 0.0746 e. The van der Waals surface area contributed by atoms with Crippen LogP contribution in [-0.2, 0) is 5.41 Å². The van der Waals surface area contributed by atoms with Crippen molar-refractivity contribution in [3.05, 3.63) is 65.4 Å². The molecule has 1 aliphatic carbocycles. The fourth-order valence-corrected chi connectivity index (χ4v) is 5.51. The highest BCUT2D eigenvalue weighted by Gasteiger charge is 2.38. The number of hydrogen-bond donors (Lipinski definition) is 0. The fraction of sp³-hybridized carbons (Fsp3) is 0.261. The van der Waals surface area contributed by atoms with Gasteiger partial charge in [-0.3, -0.25) is 4.98 Å². The number of aromatic nitrogens is 1. The smallest absolute Gasteiger partial charge is 0.0746 e. The van der Waals surface area contributed by atoms with E-state index in [0.717, 1.165) is 5.69 Å². The second kappa shape index (κ2) is 4.92. The van der Waals surface area contributed by atoms with Gasteiger partial charge < -0.3 is 0 Å². The summed E-state index contributed by atoms with van der Waals surface area (Å²) in [7, 11) is 0. The molecule has 0 spiro atoms. The minimum Gasteiger partial charge on any atom is -0.256 e. The van der Waals surface area contributed by atoms with Crippen molar-refractivity contribution in [2.24, 2.45) is 0 Å². The molecule has 0 N–H and O–H groups in total. The highest BCUT2D eigenvalue weighted by Crippen LogP contribution is 2.53. The number of hydrogen-bond acceptors (Lipinski definition) is 2. The number of benzene rings is 2. The van der Waals surface area contributed by atoms with E-state index in [0.29, 0.717) is 5.92 Å². The molecule has 0 saturated heterocycles. The minimum absolute atomic E-state index is 0.0108. The zero-order chi connectivity index (χ0) is 17.3. The first kappa shape index (κ1) is 15.1. The molecule has 4 aromatic rings. The molecule has 1 aliphatic rings. The van der Waals surface area contributed by atoms with Crippen molar-refractivity contribution in [1.82, 2.24) is 4.98 Å². The Kier molecular flexibility index (Phi) is 2.97. The summed E-state index contributed by atoms with van der Waals surface area (Å²) in [5, 5.41) is 2.82. The Bertz CT molecular complexity index is 1150. The molecular weight excluding hydrogens is 322 g/mol. The van der Waals surface area contributed by atoms with Crippen molar-refractivity contribution in [2.45, 2.75) is 39.0 Å². The highest BCUT2D eigenvalue weighted by atomic mass is 32.1. The van der Waals surface area contributed by atoms with Gasteiger partial charge >= 0.3 is 0 Å². The average Bonchev–Trinajstić information content (AvgIpc) is 3.08. The van der Waals surface area contributed by atoms with Crippen LogP contribution in [0.1, 0.15) is 50.3 Å². The van der Waals surface area contributed by atoms with Gasteiger partial charge in [0.1, 0.15) is 0 Å². The van der Waals surface area contributed by atoms with Crippen LogP contribution in [0.3, 0.4) is 0 Å². The SMILES string of the molecule is CC(C)c1ccc2c(c1)sc1ccc3c(c12)C(C)(C)c1cccnc1-3. The van der Waals surface area contributed by atoms with E-state index in [1.165, 1.54) is 42.4 Å². The molecular formula is C23H21NS. The van der Waals surface area contributed by atoms with Crippen molar-refractivity contribution in [3.63, 3.8) is 0 Å². The van der Waals surface area contributed by atoms with Gasteiger partial charge in [0.2, 0.25) is 0 Å². The Balaban J connectivity index is 1.91. The average molecular weight is 343 g/mol. The van der Waals surface area contributed by atoms with Gasteiger partial charge in [-0.2, -0.15) is 0 Å². The molecule has 0 radical (unpaired) electrons. The molecule has 25 heavy (non-hydrogen) atoms. The molecule has 0 saturated carbocycles. The lowest BCUT2D eigenvalue weighted by atomic mass is 9.80. The van der Waals surface area contributed by atoms with Gasteiger partial charge in [-0.1, -0.05) is 52.0 Å². The molecule has 2 aromatic heterocycles. The van der Waals surface area contributed by atoms with Crippen molar-refractivity contribution >= 4 is 31.5 Å². The summed E-state index contributed by atoms with van der Waals surface area (Å²) in [5.41, 5.74) is 6.66. The summed E-state index contributed by atoms with van der Waals surface area (Å²) >= 11 is 1.92. The molecule has 0 bridgehead atoms. The van der Waals surface area contributed by atoms with E-state index in [-0.39, 0.29) is 5.41 Å². The number of nitrogens with zero attached hydrogens (tertiary/aromatic N) is 1. The van der Waals surface area contributed by atoms with Gasteiger partial charge in [0.05, 0.1) is 5.69 Å². The van der Waals surface area contributed by atoms with Crippen LogP contribution in [0.5, 0.6) is 0 Å². The van der Waals surface area contributed by atoms with E-state index in [1.54, 1.807) is 0 Å². The van der Waals surface area contributed by atoms with E-state index in [4.69, 9.17) is 4.98 Å². The zero-order valence-electron chi connectivity index (χ0n) is 15.1. The van der Waals surface area contributed by atoms with Crippen molar-refractivity contribution in [3.8, 4) is 11.3 Å². The first-order valence-corrected chi connectivity index (χ1v) is 9.75. The molecule has 0 amide bonds. The summed E-state index contributed by atoms with van der Waals surface area (Å²) in [4.78, 5) is 4.71. The lowest BCUT2D eigenvalue weighted by Crippen LogP contribution is -2.15. The maximum absolute atomic E-state index is 4.71. The Hall–Kier alpha value is -2.19. The predicted octanol–water partition coefficient (Wildman–Crippen LogP) is 6.88. The third-order valence-electron chi connectivity index (χ3n) is 5.69. The Morgan fingerprint density at radius 3 is 2.64 bits per heavy atom. The topological polar surface area (TPSA) is 12.9 Å². The third-order valence-corrected chi connectivity index (χ3v) is 6.81. The van der Waals surface area contributed by atoms with Crippen LogP contribution in [0.4, 0.5) is 0 Å². The quantitative estimate of drug-likeness (QED) is 0.367. The zero-order valence-corrected chi connectivity index (χ0v) is 15.9. The van der Waals surface area contributed by atoms with Crippen molar-refractivity contribution in [1.29, 1.82) is 0 Å². The molecule has 1 nitrogen and oxygen atoms in total. The van der Waals surface area contributed by atoms with Crippen LogP contribution in [0, 0.1) is 0 Å². The van der Waals surface area contributed by atoms with Gasteiger partial charge in [0.25, 0.3) is 0 Å². The predicted molar refractivity (Wildman–Crippen MR) is 109 cm³/mol. The van der Waals surface area contributed by atoms with Crippen molar-refractivity contribution in [2.75, 3.05) is 0 Å². The van der Waals surface area contributed by atoms with E-state index in [1.807, 2.05) is 17.5 Å². The van der Waals surface area contributed by atoms with E-state index < -0.39 is 0 Å². The first-order chi connectivity index (χ1) is 12.0. The Labute approximate surface area is 152 Å². The molecule has 0 fully saturated rings. The van der Waals surface area contributed by atoms with E-state index >= 15 is 0 Å². The highest BCUT2D eigenvalue weighted by molar-refractivity contribution is 7.25. The van der Waals surface area contributed by atoms with Gasteiger partial charge in [0, 0.05) is 37.3 Å². The van der Waals surface area contributed by atoms with E-state index in [9.17, 15) is 0 Å². The summed E-state index contributed by atoms with van der Waals surface area (Å²) < 4.78 is 2.78. The molecule has 0 aliphatic heterocycles. The molecule has 2 aromatic carbocycles. The van der Waals surface area contributed by atoms with Crippen LogP contribution in [0.2, 0.25) is 0 Å². The van der Waals surface area contributed by atoms with Crippen LogP contribution in [0.15, 0.2) is 48.7 Å². The van der Waals surface area contributed by atoms with Gasteiger partial charge in [-0.25, -0.2) is 0 Å². The number of rotatable bonds is 1. The second-order valence-corrected chi connectivity index (χ2v) is 8.98. The Morgan fingerprint density at radius 2 is 1.84 bits per heavy atom. The first-order valence-electron chi connectivity index (χ1n) is 8.94. The van der Waals surface area contributed by atoms with Crippen LogP contribution in [-0.4, -0.2) is 4.98 Å². The fourth-order valence-electron chi connectivity index (χ4n) is 4.35. The third kappa shape index (κ3) is 1.92. The summed E-state index contributed by atoms with van der Waals surface area (Å²) in [6.45, 7) is 9.20. The number of fused-ring (bicyclic) bond motifs is 7. The lowest BCUT2D eigenvalue weighted by molar-refractivity contribution is 0.665. The molecule has 5 rings (SSSR count). The second-order valence-electron chi connectivity index (χ2n) is 7.90. The van der Waals surface area contributed by atoms with Crippen LogP contribution < -0.4 is 0 Å². The van der Waals surface area contributed by atoms with Gasteiger partial charge in [-0.05, 0) is 40.8 Å². The van der Waals surface area contributed by atoms with Gasteiger partial charge in [0.15, 0.2) is 0 Å². The number of thiophene rings is 1. The minimum atomic E-state index is -0.0108.